The Balaban J connectivity index is 1.85. The van der Waals surface area contributed by atoms with E-state index in [4.69, 9.17) is 16.0 Å². The Morgan fingerprint density at radius 1 is 1.27 bits per heavy atom. The highest BCUT2D eigenvalue weighted by Crippen LogP contribution is 2.22. The molecule has 30 heavy (non-hydrogen) atoms. The van der Waals surface area contributed by atoms with E-state index in [0.29, 0.717) is 13.0 Å². The molecule has 3 amide bonds. The number of nitrogens with one attached hydrogen (secondary N) is 1. The Morgan fingerprint density at radius 3 is 2.47 bits per heavy atom. The molecule has 1 heterocycles. The van der Waals surface area contributed by atoms with Gasteiger partial charge in [0.25, 0.3) is 0 Å². The van der Waals surface area contributed by atoms with Gasteiger partial charge in [-0.2, -0.15) is 0 Å². The van der Waals surface area contributed by atoms with Crippen molar-refractivity contribution < 1.29 is 19.1 Å². The van der Waals surface area contributed by atoms with Gasteiger partial charge in [-0.3, -0.25) is 9.59 Å². The van der Waals surface area contributed by atoms with E-state index in [9.17, 15) is 14.4 Å². The number of hydrogen-bond donors (Lipinski definition) is 2. The molecule has 10 nitrogen and oxygen atoms in total. The van der Waals surface area contributed by atoms with Crippen molar-refractivity contribution in [3.63, 3.8) is 0 Å². The molecule has 1 fully saturated rings. The van der Waals surface area contributed by atoms with Crippen LogP contribution in [0.1, 0.15) is 44.7 Å². The standard InChI is InChI=1S/C20H28N6O4/c1-20(2,3)30-19(29)23-11-14-6-4-13(5-7-14)8-9-17(27)26-12-15(24-25-22)10-16(26)18(21)28/h4-7,15-16H,8-12H2,1-3H3,(H2,21,28)(H,23,29). The minimum Gasteiger partial charge on any atom is -0.444 e. The highest BCUT2D eigenvalue weighted by Gasteiger charge is 2.37. The predicted octanol–water partition coefficient (Wildman–Crippen LogP) is 2.41. The van der Waals surface area contributed by atoms with Crippen LogP contribution in [0.2, 0.25) is 0 Å². The van der Waals surface area contributed by atoms with E-state index in [0.717, 1.165) is 11.1 Å². The van der Waals surface area contributed by atoms with Gasteiger partial charge < -0.3 is 20.7 Å². The summed E-state index contributed by atoms with van der Waals surface area (Å²) in [6.45, 7) is 5.93. The number of rotatable bonds is 7. The third kappa shape index (κ3) is 6.97. The maximum atomic E-state index is 12.6. The Morgan fingerprint density at radius 2 is 1.90 bits per heavy atom. The number of ether oxygens (including phenoxy) is 1. The van der Waals surface area contributed by atoms with Gasteiger partial charge in [0, 0.05) is 24.4 Å². The first-order valence-corrected chi connectivity index (χ1v) is 9.76. The van der Waals surface area contributed by atoms with Gasteiger partial charge in [-0.05, 0) is 50.3 Å². The highest BCUT2D eigenvalue weighted by atomic mass is 16.6. The number of likely N-dealkylation sites (tertiary alicyclic amines) is 1. The van der Waals surface area contributed by atoms with E-state index in [1.165, 1.54) is 4.90 Å². The summed E-state index contributed by atoms with van der Waals surface area (Å²) in [5.74, 6) is -0.800. The summed E-state index contributed by atoms with van der Waals surface area (Å²) in [5, 5.41) is 6.30. The number of amides is 3. The monoisotopic (exact) mass is 416 g/mol. The Labute approximate surface area is 175 Å². The summed E-state index contributed by atoms with van der Waals surface area (Å²) >= 11 is 0. The lowest BCUT2D eigenvalue weighted by Gasteiger charge is -2.22. The Kier molecular flexibility index (Phi) is 7.66. The van der Waals surface area contributed by atoms with Crippen molar-refractivity contribution in [1.29, 1.82) is 0 Å². The molecule has 10 heteroatoms. The Hall–Kier alpha value is -3.26. The molecule has 0 aromatic heterocycles. The Bertz CT molecular complexity index is 827. The molecule has 0 spiro atoms. The molecule has 2 rings (SSSR count). The van der Waals surface area contributed by atoms with Crippen LogP contribution in [0.15, 0.2) is 29.4 Å². The van der Waals surface area contributed by atoms with E-state index in [1.807, 2.05) is 24.3 Å². The number of hydrogen-bond acceptors (Lipinski definition) is 5. The number of azide groups is 1. The van der Waals surface area contributed by atoms with Gasteiger partial charge >= 0.3 is 6.09 Å². The summed E-state index contributed by atoms with van der Waals surface area (Å²) in [6, 6.07) is 6.34. The van der Waals surface area contributed by atoms with E-state index in [-0.39, 0.29) is 25.3 Å². The van der Waals surface area contributed by atoms with Gasteiger partial charge in [0.05, 0.1) is 6.04 Å². The van der Waals surface area contributed by atoms with Gasteiger partial charge in [0.1, 0.15) is 11.6 Å². The minimum atomic E-state index is -0.741. The van der Waals surface area contributed by atoms with Crippen LogP contribution in [-0.2, 0) is 27.3 Å². The van der Waals surface area contributed by atoms with Crippen LogP contribution in [0.4, 0.5) is 4.79 Å². The predicted molar refractivity (Wildman–Crippen MR) is 110 cm³/mol. The van der Waals surface area contributed by atoms with Crippen molar-refractivity contribution in [3.05, 3.63) is 45.8 Å². The fourth-order valence-electron chi connectivity index (χ4n) is 3.22. The third-order valence-corrected chi connectivity index (χ3v) is 4.63. The lowest BCUT2D eigenvalue weighted by molar-refractivity contribution is -0.137. The highest BCUT2D eigenvalue weighted by molar-refractivity contribution is 5.87. The van der Waals surface area contributed by atoms with Gasteiger partial charge in [-0.15, -0.1) is 0 Å². The van der Waals surface area contributed by atoms with Crippen molar-refractivity contribution in [2.75, 3.05) is 6.54 Å². The number of carbonyl (C=O) groups excluding carboxylic acids is 3. The number of nitrogens with two attached hydrogens (primary N) is 1. The molecular weight excluding hydrogens is 388 g/mol. The van der Waals surface area contributed by atoms with Crippen LogP contribution in [0.3, 0.4) is 0 Å². The maximum absolute atomic E-state index is 12.6. The zero-order valence-electron chi connectivity index (χ0n) is 17.5. The van der Waals surface area contributed by atoms with Crippen molar-refractivity contribution in [3.8, 4) is 0 Å². The second-order valence-electron chi connectivity index (χ2n) is 8.23. The fourth-order valence-corrected chi connectivity index (χ4v) is 3.22. The number of aryl methyl sites for hydroxylation is 1. The summed E-state index contributed by atoms with van der Waals surface area (Å²) in [4.78, 5) is 40.0. The second-order valence-corrected chi connectivity index (χ2v) is 8.23. The van der Waals surface area contributed by atoms with Crippen molar-refractivity contribution in [1.82, 2.24) is 10.2 Å². The quantitative estimate of drug-likeness (QED) is 0.398. The smallest absolute Gasteiger partial charge is 0.407 e. The summed E-state index contributed by atoms with van der Waals surface area (Å²) in [5.41, 5.74) is 15.3. The number of nitrogens with zero attached hydrogens (tertiary/aromatic N) is 4. The van der Waals surface area contributed by atoms with Crippen LogP contribution in [0.25, 0.3) is 10.4 Å². The summed E-state index contributed by atoms with van der Waals surface area (Å²) in [7, 11) is 0. The normalized spacial score (nSPS) is 18.4. The number of carbonyl (C=O) groups is 3. The lowest BCUT2D eigenvalue weighted by Crippen LogP contribution is -2.43. The van der Waals surface area contributed by atoms with Crippen molar-refractivity contribution in [2.24, 2.45) is 10.8 Å². The molecule has 1 saturated heterocycles. The van der Waals surface area contributed by atoms with E-state index in [1.54, 1.807) is 20.8 Å². The zero-order valence-corrected chi connectivity index (χ0v) is 17.5. The molecule has 2 atom stereocenters. The molecule has 3 N–H and O–H groups in total. The van der Waals surface area contributed by atoms with E-state index in [2.05, 4.69) is 15.3 Å². The molecule has 1 aromatic rings. The zero-order chi connectivity index (χ0) is 22.3. The first-order chi connectivity index (χ1) is 14.1. The topological polar surface area (TPSA) is 150 Å². The molecule has 1 aliphatic rings. The minimum absolute atomic E-state index is 0.200. The van der Waals surface area contributed by atoms with Crippen LogP contribution in [-0.4, -0.2) is 47.0 Å². The molecule has 0 bridgehead atoms. The SMILES string of the molecule is CC(C)(C)OC(=O)NCc1ccc(CCC(=O)N2CC(N=[N+]=[N-])CC2C(N)=O)cc1. The van der Waals surface area contributed by atoms with Crippen LogP contribution in [0, 0.1) is 0 Å². The summed E-state index contributed by atoms with van der Waals surface area (Å²) < 4.78 is 5.19. The maximum Gasteiger partial charge on any atom is 0.407 e. The van der Waals surface area contributed by atoms with Crippen molar-refractivity contribution >= 4 is 17.9 Å². The molecule has 2 unspecified atom stereocenters. The average Bonchev–Trinajstić information content (AvgIpc) is 3.09. The lowest BCUT2D eigenvalue weighted by atomic mass is 10.1. The van der Waals surface area contributed by atoms with Gasteiger partial charge in [-0.1, -0.05) is 29.4 Å². The molecule has 0 aliphatic carbocycles. The second kappa shape index (κ2) is 9.98. The van der Waals surface area contributed by atoms with Crippen LogP contribution in [0.5, 0.6) is 0 Å². The molecule has 162 valence electrons. The largest absolute Gasteiger partial charge is 0.444 e. The number of primary amides is 1. The van der Waals surface area contributed by atoms with E-state index >= 15 is 0 Å². The molecule has 0 saturated carbocycles. The van der Waals surface area contributed by atoms with Crippen LogP contribution >= 0.6 is 0 Å². The van der Waals surface area contributed by atoms with E-state index < -0.39 is 29.7 Å². The van der Waals surface area contributed by atoms with Gasteiger partial charge in [0.15, 0.2) is 0 Å². The van der Waals surface area contributed by atoms with Gasteiger partial charge in [-0.25, -0.2) is 4.79 Å². The van der Waals surface area contributed by atoms with Gasteiger partial charge in [0.2, 0.25) is 11.8 Å². The van der Waals surface area contributed by atoms with Crippen molar-refractivity contribution in [2.45, 2.75) is 64.3 Å². The number of alkyl carbamates (subject to hydrolysis) is 1. The summed E-state index contributed by atoms with van der Waals surface area (Å²) in [6.07, 6.45) is 0.477. The average molecular weight is 416 g/mol. The molecular formula is C20H28N6O4. The van der Waals surface area contributed by atoms with Crippen LogP contribution < -0.4 is 11.1 Å². The molecule has 1 aromatic carbocycles. The first kappa shape index (κ1) is 23.0. The molecule has 0 radical (unpaired) electrons. The number of benzene rings is 1. The fraction of sp³-hybridized carbons (Fsp3) is 0.550. The first-order valence-electron chi connectivity index (χ1n) is 9.76. The third-order valence-electron chi connectivity index (χ3n) is 4.63. The molecule has 1 aliphatic heterocycles.